The number of nitrogens with one attached hydrogen (secondary N) is 1. The molecule has 2 aromatic heterocycles. The summed E-state index contributed by atoms with van der Waals surface area (Å²) in [5.41, 5.74) is 2.13. The number of hydrogen-bond acceptors (Lipinski definition) is 3. The molecule has 0 saturated heterocycles. The molecule has 0 bridgehead atoms. The van der Waals surface area contributed by atoms with Gasteiger partial charge in [0.2, 0.25) is 0 Å². The van der Waals surface area contributed by atoms with E-state index in [-0.39, 0.29) is 11.7 Å². The third kappa shape index (κ3) is 4.24. The van der Waals surface area contributed by atoms with Gasteiger partial charge in [0, 0.05) is 25.6 Å². The number of rotatable bonds is 6. The summed E-state index contributed by atoms with van der Waals surface area (Å²) in [6.07, 6.45) is 6.65. The summed E-state index contributed by atoms with van der Waals surface area (Å²) < 4.78 is 17.3. The van der Waals surface area contributed by atoms with Crippen LogP contribution in [-0.2, 0) is 13.6 Å². The van der Waals surface area contributed by atoms with Gasteiger partial charge in [0.15, 0.2) is 0 Å². The fraction of sp³-hybridized carbons (Fsp3) is 0.136. The first-order valence-electron chi connectivity index (χ1n) is 9.20. The Morgan fingerprint density at radius 2 is 2.00 bits per heavy atom. The first kappa shape index (κ1) is 18.6. The molecule has 6 nitrogen and oxygen atoms in total. The van der Waals surface area contributed by atoms with Crippen LogP contribution in [0.3, 0.4) is 0 Å². The molecule has 146 valence electrons. The van der Waals surface area contributed by atoms with Crippen molar-refractivity contribution in [3.05, 3.63) is 108 Å². The summed E-state index contributed by atoms with van der Waals surface area (Å²) in [6, 6.07) is 15.4. The highest BCUT2D eigenvalue weighted by atomic mass is 19.1. The Morgan fingerprint density at radius 3 is 2.72 bits per heavy atom. The van der Waals surface area contributed by atoms with Crippen LogP contribution in [0.15, 0.2) is 79.4 Å². The fourth-order valence-corrected chi connectivity index (χ4v) is 3.19. The van der Waals surface area contributed by atoms with Gasteiger partial charge in [-0.25, -0.2) is 9.37 Å². The van der Waals surface area contributed by atoms with Gasteiger partial charge < -0.3 is 9.88 Å². The van der Waals surface area contributed by atoms with E-state index < -0.39 is 6.04 Å². The number of amides is 1. The molecule has 1 N–H and O–H groups in total. The van der Waals surface area contributed by atoms with Crippen LogP contribution in [0.5, 0.6) is 0 Å². The minimum atomic E-state index is -0.587. The van der Waals surface area contributed by atoms with Crippen molar-refractivity contribution in [3.63, 3.8) is 0 Å². The second-order valence-corrected chi connectivity index (χ2v) is 6.77. The lowest BCUT2D eigenvalue weighted by Gasteiger charge is -2.19. The van der Waals surface area contributed by atoms with Gasteiger partial charge in [-0.15, -0.1) is 0 Å². The van der Waals surface area contributed by atoms with Gasteiger partial charge in [-0.3, -0.25) is 9.48 Å². The fourth-order valence-electron chi connectivity index (χ4n) is 3.19. The topological polar surface area (TPSA) is 64.7 Å². The van der Waals surface area contributed by atoms with Crippen molar-refractivity contribution in [3.8, 4) is 0 Å². The van der Waals surface area contributed by atoms with Crippen molar-refractivity contribution in [1.29, 1.82) is 0 Å². The van der Waals surface area contributed by atoms with Crippen LogP contribution in [0.25, 0.3) is 0 Å². The summed E-state index contributed by atoms with van der Waals surface area (Å²) in [6.45, 7) is 0.570. The maximum absolute atomic E-state index is 13.8. The number of aryl methyl sites for hydroxylation is 1. The lowest BCUT2D eigenvalue weighted by Crippen LogP contribution is -2.31. The maximum atomic E-state index is 13.8. The molecule has 0 aliphatic rings. The molecule has 0 saturated carbocycles. The zero-order valence-corrected chi connectivity index (χ0v) is 15.9. The molecule has 4 aromatic rings. The molecule has 0 aliphatic heterocycles. The molecule has 1 amide bonds. The zero-order valence-electron chi connectivity index (χ0n) is 15.9. The van der Waals surface area contributed by atoms with E-state index in [1.54, 1.807) is 40.0 Å². The molecule has 0 fully saturated rings. The molecule has 0 spiro atoms. The molecule has 2 heterocycles. The van der Waals surface area contributed by atoms with E-state index in [2.05, 4.69) is 15.4 Å². The Morgan fingerprint density at radius 1 is 1.17 bits per heavy atom. The van der Waals surface area contributed by atoms with E-state index in [1.807, 2.05) is 37.4 Å². The van der Waals surface area contributed by atoms with E-state index >= 15 is 0 Å². The lowest BCUT2D eigenvalue weighted by molar-refractivity contribution is 0.0941. The monoisotopic (exact) mass is 389 g/mol. The van der Waals surface area contributed by atoms with Crippen molar-refractivity contribution in [2.24, 2.45) is 7.05 Å². The Labute approximate surface area is 167 Å². The predicted molar refractivity (Wildman–Crippen MR) is 107 cm³/mol. The number of carbonyl (C=O) groups excluding carboxylic acids is 1. The number of imidazole rings is 1. The van der Waals surface area contributed by atoms with Gasteiger partial charge in [0.25, 0.3) is 5.91 Å². The highest BCUT2D eigenvalue weighted by Crippen LogP contribution is 2.22. The minimum absolute atomic E-state index is 0.304. The van der Waals surface area contributed by atoms with E-state index in [1.165, 1.54) is 18.3 Å². The largest absolute Gasteiger partial charge is 0.338 e. The molecule has 0 unspecified atom stereocenters. The Hall–Kier alpha value is -3.74. The second-order valence-electron chi connectivity index (χ2n) is 6.77. The van der Waals surface area contributed by atoms with Gasteiger partial charge in [0.05, 0.1) is 18.3 Å². The van der Waals surface area contributed by atoms with Crippen molar-refractivity contribution in [2.75, 3.05) is 0 Å². The third-order valence-corrected chi connectivity index (χ3v) is 4.66. The standard InChI is InChI=1S/C22H20FN5O/c1-27-11-10-24-21(27)20(17-8-5-9-19(23)12-17)26-22(29)18-13-25-28(15-18)14-16-6-3-2-4-7-16/h2-13,15,20H,14H2,1H3,(H,26,29)/t20-/m1/s1. The summed E-state index contributed by atoms with van der Waals surface area (Å²) >= 11 is 0. The first-order valence-corrected chi connectivity index (χ1v) is 9.20. The summed E-state index contributed by atoms with van der Waals surface area (Å²) in [7, 11) is 1.83. The summed E-state index contributed by atoms with van der Waals surface area (Å²) in [5.74, 6) is -0.0613. The Bertz CT molecular complexity index is 1120. The van der Waals surface area contributed by atoms with Crippen molar-refractivity contribution >= 4 is 5.91 Å². The highest BCUT2D eigenvalue weighted by Gasteiger charge is 2.22. The van der Waals surface area contributed by atoms with E-state index in [0.717, 1.165) is 5.56 Å². The second kappa shape index (κ2) is 8.10. The van der Waals surface area contributed by atoms with Crippen molar-refractivity contribution < 1.29 is 9.18 Å². The number of benzene rings is 2. The Balaban J connectivity index is 1.56. The number of aromatic nitrogens is 4. The lowest BCUT2D eigenvalue weighted by atomic mass is 10.1. The van der Waals surface area contributed by atoms with Gasteiger partial charge >= 0.3 is 0 Å². The molecule has 0 radical (unpaired) electrons. The first-order chi connectivity index (χ1) is 14.1. The Kier molecular flexibility index (Phi) is 5.20. The van der Waals surface area contributed by atoms with Gasteiger partial charge in [-0.2, -0.15) is 5.10 Å². The predicted octanol–water partition coefficient (Wildman–Crippen LogP) is 3.32. The molecule has 0 aliphatic carbocycles. The number of nitrogens with zero attached hydrogens (tertiary/aromatic N) is 4. The van der Waals surface area contributed by atoms with Crippen LogP contribution in [0, 0.1) is 5.82 Å². The maximum Gasteiger partial charge on any atom is 0.255 e. The quantitative estimate of drug-likeness (QED) is 0.550. The minimum Gasteiger partial charge on any atom is -0.338 e. The molecule has 1 atom stereocenters. The summed E-state index contributed by atoms with van der Waals surface area (Å²) in [4.78, 5) is 17.2. The van der Waals surface area contributed by atoms with Gasteiger partial charge in [-0.1, -0.05) is 42.5 Å². The van der Waals surface area contributed by atoms with Crippen LogP contribution in [0.4, 0.5) is 4.39 Å². The highest BCUT2D eigenvalue weighted by molar-refractivity contribution is 5.94. The van der Waals surface area contributed by atoms with Crippen LogP contribution >= 0.6 is 0 Å². The molecule has 7 heteroatoms. The molecule has 4 rings (SSSR count). The van der Waals surface area contributed by atoms with E-state index in [9.17, 15) is 9.18 Å². The molecular weight excluding hydrogens is 369 g/mol. The van der Waals surface area contributed by atoms with E-state index in [4.69, 9.17) is 0 Å². The average Bonchev–Trinajstić information content (AvgIpc) is 3.36. The van der Waals surface area contributed by atoms with Crippen LogP contribution in [0.2, 0.25) is 0 Å². The number of hydrogen-bond donors (Lipinski definition) is 1. The van der Waals surface area contributed by atoms with Crippen molar-refractivity contribution in [1.82, 2.24) is 24.6 Å². The van der Waals surface area contributed by atoms with Crippen molar-refractivity contribution in [2.45, 2.75) is 12.6 Å². The molecular formula is C22H20FN5O. The molecule has 29 heavy (non-hydrogen) atoms. The SMILES string of the molecule is Cn1ccnc1[C@H](NC(=O)c1cnn(Cc2ccccc2)c1)c1cccc(F)c1. The third-order valence-electron chi connectivity index (χ3n) is 4.66. The number of halogens is 1. The van der Waals surface area contributed by atoms with Gasteiger partial charge in [-0.05, 0) is 23.3 Å². The van der Waals surface area contributed by atoms with Crippen LogP contribution in [-0.4, -0.2) is 25.2 Å². The number of carbonyl (C=O) groups is 1. The normalized spacial score (nSPS) is 11.9. The summed E-state index contributed by atoms with van der Waals surface area (Å²) in [5, 5.41) is 7.24. The van der Waals surface area contributed by atoms with Crippen LogP contribution in [0.1, 0.15) is 33.4 Å². The van der Waals surface area contributed by atoms with Gasteiger partial charge in [0.1, 0.15) is 17.7 Å². The van der Waals surface area contributed by atoms with E-state index in [0.29, 0.717) is 23.5 Å². The average molecular weight is 389 g/mol. The zero-order chi connectivity index (χ0) is 20.2. The smallest absolute Gasteiger partial charge is 0.255 e. The van der Waals surface area contributed by atoms with Crippen LogP contribution < -0.4 is 5.32 Å². The molecule has 2 aromatic carbocycles.